The van der Waals surface area contributed by atoms with E-state index in [1.54, 1.807) is 20.3 Å². The fourth-order valence-corrected chi connectivity index (χ4v) is 2.54. The van der Waals surface area contributed by atoms with Gasteiger partial charge in [0.2, 0.25) is 0 Å². The summed E-state index contributed by atoms with van der Waals surface area (Å²) in [7, 11) is 2.09. The minimum atomic E-state index is -1.05. The molecule has 19 heavy (non-hydrogen) atoms. The van der Waals surface area contributed by atoms with Gasteiger partial charge in [0.05, 0.1) is 6.16 Å². The molecule has 0 aliphatic carbocycles. The summed E-state index contributed by atoms with van der Waals surface area (Å²) in [5, 5.41) is 0. The molecule has 0 aromatic carbocycles. The summed E-state index contributed by atoms with van der Waals surface area (Å²) < 4.78 is 10.2. The lowest BCUT2D eigenvalue weighted by Crippen LogP contribution is -2.15. The van der Waals surface area contributed by atoms with Gasteiger partial charge in [-0.3, -0.25) is 4.79 Å². The third kappa shape index (κ3) is 8.88. The van der Waals surface area contributed by atoms with Crippen LogP contribution in [0.3, 0.4) is 0 Å². The molecule has 0 spiro atoms. The molecule has 0 rings (SSSR count). The zero-order valence-corrected chi connectivity index (χ0v) is 13.1. The summed E-state index contributed by atoms with van der Waals surface area (Å²) >= 11 is 0. The largest absolute Gasteiger partial charge is 0.337 e. The highest BCUT2D eigenvalue weighted by atomic mass is 31.2. The van der Waals surface area contributed by atoms with Crippen molar-refractivity contribution in [3.8, 4) is 0 Å². The molecule has 0 aromatic heterocycles. The maximum atomic E-state index is 11.9. The van der Waals surface area contributed by atoms with E-state index in [-0.39, 0.29) is 11.7 Å². The third-order valence-corrected chi connectivity index (χ3v) is 4.23. The SMILES string of the molecule is C=C/C=C\C(=C)CCCC(C)C(=O)CP(OC)OC. The molecule has 0 amide bonds. The van der Waals surface area contributed by atoms with Gasteiger partial charge in [-0.05, 0) is 19.3 Å². The molecule has 0 fully saturated rings. The van der Waals surface area contributed by atoms with Gasteiger partial charge in [-0.2, -0.15) is 0 Å². The number of ketones is 1. The minimum Gasteiger partial charge on any atom is -0.337 e. The molecular weight excluding hydrogens is 259 g/mol. The fraction of sp³-hybridized carbons (Fsp3) is 0.533. The highest BCUT2D eigenvalue weighted by Gasteiger charge is 2.18. The second kappa shape index (κ2) is 11.1. The van der Waals surface area contributed by atoms with E-state index in [0.29, 0.717) is 6.16 Å². The van der Waals surface area contributed by atoms with Crippen molar-refractivity contribution < 1.29 is 13.8 Å². The third-order valence-electron chi connectivity index (χ3n) is 2.84. The smallest absolute Gasteiger partial charge is 0.177 e. The van der Waals surface area contributed by atoms with Crippen LogP contribution in [0.25, 0.3) is 0 Å². The van der Waals surface area contributed by atoms with Crippen LogP contribution in [0.2, 0.25) is 0 Å². The van der Waals surface area contributed by atoms with Gasteiger partial charge in [0, 0.05) is 20.1 Å². The van der Waals surface area contributed by atoms with Gasteiger partial charge < -0.3 is 9.05 Å². The molecule has 0 radical (unpaired) electrons. The Bertz CT molecular complexity index is 319. The number of hydrogen-bond acceptors (Lipinski definition) is 3. The van der Waals surface area contributed by atoms with Crippen LogP contribution in [-0.2, 0) is 13.8 Å². The molecule has 1 atom stereocenters. The molecule has 108 valence electrons. The first-order valence-corrected chi connectivity index (χ1v) is 7.76. The highest BCUT2D eigenvalue weighted by Crippen LogP contribution is 2.36. The van der Waals surface area contributed by atoms with Crippen LogP contribution >= 0.6 is 8.38 Å². The molecule has 4 heteroatoms. The Hall–Kier alpha value is -0.760. The Kier molecular flexibility index (Phi) is 10.7. The summed E-state index contributed by atoms with van der Waals surface area (Å²) in [6.07, 6.45) is 8.68. The van der Waals surface area contributed by atoms with Crippen molar-refractivity contribution in [1.29, 1.82) is 0 Å². The molecule has 0 N–H and O–H groups in total. The molecule has 0 bridgehead atoms. The van der Waals surface area contributed by atoms with Gasteiger partial charge in [0.25, 0.3) is 0 Å². The zero-order chi connectivity index (χ0) is 14.7. The number of Topliss-reactive ketones (excluding diaryl/α,β-unsaturated/α-hetero) is 1. The van der Waals surface area contributed by atoms with E-state index >= 15 is 0 Å². The quantitative estimate of drug-likeness (QED) is 0.420. The highest BCUT2D eigenvalue weighted by molar-refractivity contribution is 7.48. The zero-order valence-electron chi connectivity index (χ0n) is 12.2. The van der Waals surface area contributed by atoms with E-state index < -0.39 is 8.38 Å². The summed E-state index contributed by atoms with van der Waals surface area (Å²) in [6, 6.07) is 0. The molecule has 0 heterocycles. The number of hydrogen-bond donors (Lipinski definition) is 0. The Morgan fingerprint density at radius 3 is 2.53 bits per heavy atom. The maximum absolute atomic E-state index is 11.9. The summed E-state index contributed by atoms with van der Waals surface area (Å²) in [5.74, 6) is 0.258. The van der Waals surface area contributed by atoms with Crippen LogP contribution < -0.4 is 0 Å². The molecular formula is C15H25O3P. The molecule has 0 aromatic rings. The van der Waals surface area contributed by atoms with Crippen molar-refractivity contribution in [1.82, 2.24) is 0 Å². The van der Waals surface area contributed by atoms with Crippen molar-refractivity contribution >= 4 is 14.2 Å². The molecule has 0 aliphatic heterocycles. The van der Waals surface area contributed by atoms with Gasteiger partial charge in [-0.25, -0.2) is 0 Å². The van der Waals surface area contributed by atoms with E-state index in [2.05, 4.69) is 13.2 Å². The van der Waals surface area contributed by atoms with Crippen LogP contribution in [0.4, 0.5) is 0 Å². The first kappa shape index (κ1) is 18.2. The number of allylic oxidation sites excluding steroid dienone is 4. The number of carbonyl (C=O) groups excluding carboxylic acids is 1. The molecule has 3 nitrogen and oxygen atoms in total. The van der Waals surface area contributed by atoms with Crippen molar-refractivity contribution in [3.63, 3.8) is 0 Å². The monoisotopic (exact) mass is 284 g/mol. The predicted octanol–water partition coefficient (Wildman–Crippen LogP) is 4.27. The summed E-state index contributed by atoms with van der Waals surface area (Å²) in [6.45, 7) is 9.53. The van der Waals surface area contributed by atoms with E-state index in [0.717, 1.165) is 24.8 Å². The molecule has 0 aliphatic rings. The average molecular weight is 284 g/mol. The number of carbonyl (C=O) groups is 1. The van der Waals surface area contributed by atoms with E-state index in [1.165, 1.54) is 0 Å². The second-order valence-electron chi connectivity index (χ2n) is 4.37. The van der Waals surface area contributed by atoms with Crippen molar-refractivity contribution in [2.24, 2.45) is 5.92 Å². The normalized spacial score (nSPS) is 12.8. The van der Waals surface area contributed by atoms with E-state index in [1.807, 2.05) is 19.1 Å². The van der Waals surface area contributed by atoms with Crippen molar-refractivity contribution in [2.45, 2.75) is 26.2 Å². The fourth-order valence-electron chi connectivity index (χ4n) is 1.57. The number of rotatable bonds is 11. The van der Waals surface area contributed by atoms with Gasteiger partial charge in [0.15, 0.2) is 8.38 Å². The van der Waals surface area contributed by atoms with Gasteiger partial charge in [0.1, 0.15) is 5.78 Å². The molecule has 0 saturated heterocycles. The van der Waals surface area contributed by atoms with Crippen LogP contribution in [0.15, 0.2) is 37.0 Å². The van der Waals surface area contributed by atoms with E-state index in [4.69, 9.17) is 9.05 Å². The first-order chi connectivity index (χ1) is 9.04. The van der Waals surface area contributed by atoms with Crippen molar-refractivity contribution in [2.75, 3.05) is 20.4 Å². The first-order valence-electron chi connectivity index (χ1n) is 6.40. The average Bonchev–Trinajstić information content (AvgIpc) is 2.41. The van der Waals surface area contributed by atoms with Crippen LogP contribution in [0, 0.1) is 5.92 Å². The second-order valence-corrected chi connectivity index (χ2v) is 6.08. The Balaban J connectivity index is 3.93. The standard InChI is InChI=1S/C15H25O3P/c1-6-7-9-13(2)10-8-11-14(3)15(16)12-19(17-4)18-5/h6-7,9,14H,1-2,8,10-12H2,3-5H3/b9-7-. The topological polar surface area (TPSA) is 35.5 Å². The molecule has 0 saturated carbocycles. The van der Waals surface area contributed by atoms with Crippen LogP contribution in [-0.4, -0.2) is 26.2 Å². The van der Waals surface area contributed by atoms with Gasteiger partial charge in [-0.15, -0.1) is 0 Å². The van der Waals surface area contributed by atoms with E-state index in [9.17, 15) is 4.79 Å². The predicted molar refractivity (Wildman–Crippen MR) is 82.3 cm³/mol. The lowest BCUT2D eigenvalue weighted by Gasteiger charge is -2.14. The molecule has 1 unspecified atom stereocenters. The lowest BCUT2D eigenvalue weighted by atomic mass is 9.98. The Morgan fingerprint density at radius 1 is 1.37 bits per heavy atom. The Morgan fingerprint density at radius 2 is 2.00 bits per heavy atom. The maximum Gasteiger partial charge on any atom is 0.177 e. The minimum absolute atomic E-state index is 0.0477. The van der Waals surface area contributed by atoms with Crippen molar-refractivity contribution in [3.05, 3.63) is 37.0 Å². The van der Waals surface area contributed by atoms with Gasteiger partial charge in [-0.1, -0.05) is 43.9 Å². The summed E-state index contributed by atoms with van der Waals surface area (Å²) in [4.78, 5) is 11.9. The lowest BCUT2D eigenvalue weighted by molar-refractivity contribution is -0.120. The van der Waals surface area contributed by atoms with Crippen LogP contribution in [0.1, 0.15) is 26.2 Å². The summed E-state index contributed by atoms with van der Waals surface area (Å²) in [5.41, 5.74) is 1.07. The van der Waals surface area contributed by atoms with Gasteiger partial charge >= 0.3 is 0 Å². The Labute approximate surface area is 118 Å². The van der Waals surface area contributed by atoms with Crippen LogP contribution in [0.5, 0.6) is 0 Å².